The first-order valence-electron chi connectivity index (χ1n) is 24.5. The number of carbonyl (C=O) groups is 1. The van der Waals surface area contributed by atoms with Crippen LogP contribution in [0, 0.1) is 11.3 Å². The van der Waals surface area contributed by atoms with Gasteiger partial charge in [-0.2, -0.15) is 14.0 Å². The number of aryl methyl sites for hydroxylation is 2. The number of thiophene rings is 1. The van der Waals surface area contributed by atoms with Gasteiger partial charge in [0, 0.05) is 44.0 Å². The average Bonchev–Trinajstić information content (AvgIpc) is 4.22. The van der Waals surface area contributed by atoms with Crippen LogP contribution >= 0.6 is 23.1 Å². The molecule has 0 spiro atoms. The monoisotopic (exact) mass is 954 g/mol. The lowest BCUT2D eigenvalue weighted by atomic mass is 9.67. The molecule has 9 heteroatoms. The number of benzene rings is 6. The first-order chi connectivity index (χ1) is 34.4. The fourth-order valence-electron chi connectivity index (χ4n) is 10.2. The van der Waals surface area contributed by atoms with E-state index in [0.29, 0.717) is 11.3 Å². The highest BCUT2D eigenvalue weighted by atomic mass is 32.1. The molecule has 70 heavy (non-hydrogen) atoms. The fraction of sp³-hybridized carbons (Fsp3) is 0.213. The van der Waals surface area contributed by atoms with Gasteiger partial charge in [0.1, 0.15) is 34.2 Å². The summed E-state index contributed by atoms with van der Waals surface area (Å²) in [7, 11) is 0. The van der Waals surface area contributed by atoms with Gasteiger partial charge in [0.25, 0.3) is 0 Å². The van der Waals surface area contributed by atoms with Crippen LogP contribution in [-0.4, -0.2) is 19.8 Å². The molecule has 6 aromatic carbocycles. The standard InChI is InChI=1S/C61H54N4O3S2/c1-3-5-7-11-17-41-23-27-44(28-24-41)61(45-29-25-42(26-30-45)18-12-8-6-4-2)53-38-48(65(46-19-13-9-14-20-46)47-21-15-10-16-22-47)31-33-50(53)59-54(61)39-56(69-59)52-35-34-51(57-58(52)64-70-63-57)55-36-32-49(68-55)37-43(40-62)60(66)67/h9-10,13-16,19-39H,3-8,11-12,17-18H2,1-2H3,(H,66,67)/b43-37+. The number of aliphatic carboxylic acids is 1. The maximum atomic E-state index is 11.6. The first-order valence-corrected chi connectivity index (χ1v) is 26.0. The number of carboxylic acids is 1. The minimum Gasteiger partial charge on any atom is -0.477 e. The van der Waals surface area contributed by atoms with Gasteiger partial charge in [0.05, 0.1) is 17.1 Å². The lowest BCUT2D eigenvalue weighted by Gasteiger charge is -2.35. The molecule has 0 aliphatic heterocycles. The Bertz CT molecular complexity index is 3250. The molecule has 3 aromatic heterocycles. The van der Waals surface area contributed by atoms with Crippen molar-refractivity contribution in [3.05, 3.63) is 202 Å². The van der Waals surface area contributed by atoms with Crippen LogP contribution in [0.3, 0.4) is 0 Å². The normalized spacial score (nSPS) is 12.7. The summed E-state index contributed by atoms with van der Waals surface area (Å²) >= 11 is 2.95. The van der Waals surface area contributed by atoms with Crippen LogP contribution in [0.5, 0.6) is 0 Å². The van der Waals surface area contributed by atoms with Gasteiger partial charge in [-0.05, 0) is 125 Å². The molecule has 0 fully saturated rings. The Morgan fingerprint density at radius 3 is 1.79 bits per heavy atom. The van der Waals surface area contributed by atoms with E-state index in [9.17, 15) is 15.2 Å². The number of rotatable bonds is 19. The largest absolute Gasteiger partial charge is 0.477 e. The number of hydrogen-bond donors (Lipinski definition) is 1. The number of carboxylic acid groups (broad SMARTS) is 1. The molecule has 1 N–H and O–H groups in total. The molecule has 0 atom stereocenters. The van der Waals surface area contributed by atoms with E-state index in [0.717, 1.165) is 63.2 Å². The third-order valence-electron chi connectivity index (χ3n) is 13.7. The number of fused-ring (bicyclic) bond motifs is 4. The summed E-state index contributed by atoms with van der Waals surface area (Å²) in [5.41, 5.74) is 14.3. The summed E-state index contributed by atoms with van der Waals surface area (Å²) in [6, 6.07) is 59.0. The van der Waals surface area contributed by atoms with Gasteiger partial charge in [-0.15, -0.1) is 11.3 Å². The predicted octanol–water partition coefficient (Wildman–Crippen LogP) is 16.7. The summed E-state index contributed by atoms with van der Waals surface area (Å²) in [5.74, 6) is -0.526. The van der Waals surface area contributed by atoms with E-state index in [-0.39, 0.29) is 5.76 Å². The molecule has 0 unspecified atom stereocenters. The first kappa shape index (κ1) is 46.4. The van der Waals surface area contributed by atoms with E-state index in [4.69, 9.17) is 13.2 Å². The Labute approximate surface area is 418 Å². The Kier molecular flexibility index (Phi) is 13.7. The molecule has 3 heterocycles. The Balaban J connectivity index is 1.16. The Hall–Kier alpha value is -7.38. The van der Waals surface area contributed by atoms with Crippen LogP contribution in [-0.2, 0) is 23.1 Å². The highest BCUT2D eigenvalue weighted by Gasteiger charge is 2.48. The average molecular weight is 955 g/mol. The second kappa shape index (κ2) is 20.7. The minimum atomic E-state index is -1.31. The second-order valence-electron chi connectivity index (χ2n) is 18.2. The van der Waals surface area contributed by atoms with Crippen molar-refractivity contribution < 1.29 is 14.3 Å². The molecule has 1 aliphatic rings. The molecule has 0 saturated carbocycles. The van der Waals surface area contributed by atoms with Crippen LogP contribution in [0.25, 0.3) is 49.3 Å². The van der Waals surface area contributed by atoms with E-state index in [1.165, 1.54) is 101 Å². The van der Waals surface area contributed by atoms with Gasteiger partial charge in [-0.1, -0.05) is 149 Å². The third kappa shape index (κ3) is 8.90. The van der Waals surface area contributed by atoms with Crippen LogP contribution < -0.4 is 4.90 Å². The van der Waals surface area contributed by atoms with Gasteiger partial charge in [-0.3, -0.25) is 0 Å². The number of nitrogens with zero attached hydrogens (tertiary/aromatic N) is 4. The van der Waals surface area contributed by atoms with E-state index in [2.05, 4.69) is 158 Å². The maximum Gasteiger partial charge on any atom is 0.346 e. The van der Waals surface area contributed by atoms with Crippen molar-refractivity contribution >= 4 is 63.2 Å². The molecule has 7 nitrogen and oxygen atoms in total. The highest BCUT2D eigenvalue weighted by molar-refractivity contribution is 7.19. The summed E-state index contributed by atoms with van der Waals surface area (Å²) < 4.78 is 15.8. The zero-order valence-electron chi connectivity index (χ0n) is 39.5. The van der Waals surface area contributed by atoms with Gasteiger partial charge in [0.2, 0.25) is 0 Å². The molecule has 0 saturated heterocycles. The van der Waals surface area contributed by atoms with Crippen molar-refractivity contribution in [1.29, 1.82) is 5.26 Å². The van der Waals surface area contributed by atoms with Crippen molar-refractivity contribution in [3.63, 3.8) is 0 Å². The van der Waals surface area contributed by atoms with Crippen molar-refractivity contribution in [3.8, 4) is 38.3 Å². The quantitative estimate of drug-likeness (QED) is 0.0489. The lowest BCUT2D eigenvalue weighted by Crippen LogP contribution is -2.28. The van der Waals surface area contributed by atoms with E-state index in [1.54, 1.807) is 29.5 Å². The molecular formula is C61H54N4O3S2. The molecule has 10 rings (SSSR count). The number of anilines is 3. The molecule has 1 aliphatic carbocycles. The highest BCUT2D eigenvalue weighted by Crippen LogP contribution is 2.61. The van der Waals surface area contributed by atoms with Gasteiger partial charge in [-0.25, -0.2) is 4.79 Å². The van der Waals surface area contributed by atoms with Crippen molar-refractivity contribution in [1.82, 2.24) is 8.75 Å². The molecule has 0 bridgehead atoms. The van der Waals surface area contributed by atoms with Crippen LogP contribution in [0.15, 0.2) is 168 Å². The molecule has 0 radical (unpaired) electrons. The fourth-order valence-corrected chi connectivity index (χ4v) is 12.1. The maximum absolute atomic E-state index is 11.6. The van der Waals surface area contributed by atoms with Crippen molar-refractivity contribution in [2.24, 2.45) is 0 Å². The van der Waals surface area contributed by atoms with E-state index in [1.807, 2.05) is 6.07 Å². The molecule has 348 valence electrons. The number of unbranched alkanes of at least 4 members (excludes halogenated alkanes) is 6. The number of hydrogen-bond acceptors (Lipinski definition) is 8. The van der Waals surface area contributed by atoms with Gasteiger partial charge >= 0.3 is 5.97 Å². The smallest absolute Gasteiger partial charge is 0.346 e. The summed E-state index contributed by atoms with van der Waals surface area (Å²) in [5, 5.41) is 18.8. The van der Waals surface area contributed by atoms with Crippen LogP contribution in [0.1, 0.15) is 104 Å². The van der Waals surface area contributed by atoms with E-state index >= 15 is 0 Å². The molecule has 9 aromatic rings. The summed E-state index contributed by atoms with van der Waals surface area (Å²) in [6.07, 6.45) is 13.1. The predicted molar refractivity (Wildman–Crippen MR) is 287 cm³/mol. The SMILES string of the molecule is CCCCCCc1ccc(C2(c3ccc(CCCCCC)cc3)c3cc(N(c4ccccc4)c4ccccc4)ccc3-c3sc(-c4ccc(-c5ccc(/C=C(\C#N)C(=O)O)o5)c5nsnc45)cc32)cc1. The third-order valence-corrected chi connectivity index (χ3v) is 15.4. The number of para-hydroxylation sites is 2. The zero-order chi connectivity index (χ0) is 48.0. The lowest BCUT2D eigenvalue weighted by molar-refractivity contribution is -0.132. The van der Waals surface area contributed by atoms with E-state index < -0.39 is 17.0 Å². The second-order valence-corrected chi connectivity index (χ2v) is 19.7. The van der Waals surface area contributed by atoms with Gasteiger partial charge in [0.15, 0.2) is 0 Å². The number of nitriles is 1. The number of furan rings is 1. The molecular weight excluding hydrogens is 901 g/mol. The Morgan fingerprint density at radius 2 is 1.21 bits per heavy atom. The Morgan fingerprint density at radius 1 is 0.643 bits per heavy atom. The van der Waals surface area contributed by atoms with Crippen LogP contribution in [0.4, 0.5) is 17.1 Å². The number of aromatic nitrogens is 2. The van der Waals surface area contributed by atoms with Crippen molar-refractivity contribution in [2.45, 2.75) is 83.5 Å². The van der Waals surface area contributed by atoms with Crippen LogP contribution in [0.2, 0.25) is 0 Å². The zero-order valence-corrected chi connectivity index (χ0v) is 41.2. The minimum absolute atomic E-state index is 0.270. The summed E-state index contributed by atoms with van der Waals surface area (Å²) in [4.78, 5) is 16.3. The van der Waals surface area contributed by atoms with Gasteiger partial charge < -0.3 is 14.4 Å². The van der Waals surface area contributed by atoms with Crippen molar-refractivity contribution in [2.75, 3.05) is 4.90 Å². The topological polar surface area (TPSA) is 103 Å². The molecule has 0 amide bonds. The summed E-state index contributed by atoms with van der Waals surface area (Å²) in [6.45, 7) is 4.53.